The lowest BCUT2D eigenvalue weighted by molar-refractivity contribution is 0.177. The molecule has 0 aliphatic heterocycles. The van der Waals surface area contributed by atoms with E-state index in [0.29, 0.717) is 12.0 Å². The summed E-state index contributed by atoms with van der Waals surface area (Å²) in [6.07, 6.45) is -0.361. The summed E-state index contributed by atoms with van der Waals surface area (Å²) < 4.78 is 18.3. The smallest absolute Gasteiger partial charge is 0.165 e. The standard InChI is InChI=1S/C13H14FNO2S/c1-8-7-18-13(15-8)6-11(16)9-3-4-12(17-2)10(14)5-9/h3-5,7,11,16H,6H2,1-2H3. The highest BCUT2D eigenvalue weighted by Crippen LogP contribution is 2.25. The fourth-order valence-electron chi connectivity index (χ4n) is 1.67. The molecule has 0 aliphatic rings. The SMILES string of the molecule is COc1ccc(C(O)Cc2nc(C)cs2)cc1F. The molecule has 0 bridgehead atoms. The topological polar surface area (TPSA) is 42.4 Å². The van der Waals surface area contributed by atoms with Gasteiger partial charge in [0.1, 0.15) is 0 Å². The van der Waals surface area contributed by atoms with Gasteiger partial charge in [0.15, 0.2) is 11.6 Å². The first kappa shape index (κ1) is 13.0. The van der Waals surface area contributed by atoms with Crippen molar-refractivity contribution in [2.45, 2.75) is 19.4 Å². The van der Waals surface area contributed by atoms with Crippen LogP contribution in [0, 0.1) is 12.7 Å². The van der Waals surface area contributed by atoms with Crippen LogP contribution in [0.25, 0.3) is 0 Å². The molecule has 0 saturated carbocycles. The van der Waals surface area contributed by atoms with E-state index in [0.717, 1.165) is 10.7 Å². The second-order valence-electron chi connectivity index (χ2n) is 4.00. The molecule has 0 fully saturated rings. The number of halogens is 1. The number of aromatic nitrogens is 1. The minimum atomic E-state index is -0.754. The van der Waals surface area contributed by atoms with Crippen LogP contribution in [0.5, 0.6) is 5.75 Å². The number of aliphatic hydroxyl groups excluding tert-OH is 1. The van der Waals surface area contributed by atoms with Crippen LogP contribution < -0.4 is 4.74 Å². The van der Waals surface area contributed by atoms with E-state index in [1.165, 1.54) is 30.6 Å². The van der Waals surface area contributed by atoms with E-state index in [2.05, 4.69) is 4.98 Å². The Morgan fingerprint density at radius 2 is 2.28 bits per heavy atom. The molecule has 1 unspecified atom stereocenters. The summed E-state index contributed by atoms with van der Waals surface area (Å²) in [5.41, 5.74) is 1.46. The number of hydrogen-bond donors (Lipinski definition) is 1. The first-order chi connectivity index (χ1) is 8.60. The average molecular weight is 267 g/mol. The van der Waals surface area contributed by atoms with Crippen molar-refractivity contribution in [3.05, 3.63) is 45.7 Å². The number of methoxy groups -OCH3 is 1. The molecule has 1 atom stereocenters. The van der Waals surface area contributed by atoms with Gasteiger partial charge in [-0.05, 0) is 24.6 Å². The summed E-state index contributed by atoms with van der Waals surface area (Å²) in [4.78, 5) is 4.27. The Morgan fingerprint density at radius 1 is 1.50 bits per heavy atom. The molecule has 1 heterocycles. The zero-order valence-electron chi connectivity index (χ0n) is 10.2. The molecule has 96 valence electrons. The maximum absolute atomic E-state index is 13.5. The van der Waals surface area contributed by atoms with Crippen LogP contribution in [-0.4, -0.2) is 17.2 Å². The van der Waals surface area contributed by atoms with Crippen molar-refractivity contribution in [3.8, 4) is 5.75 Å². The number of aliphatic hydroxyl groups is 1. The predicted octanol–water partition coefficient (Wildman–Crippen LogP) is 2.88. The minimum absolute atomic E-state index is 0.177. The number of benzene rings is 1. The Hall–Kier alpha value is -1.46. The summed E-state index contributed by atoms with van der Waals surface area (Å²) in [6, 6.07) is 4.47. The molecular weight excluding hydrogens is 253 g/mol. The highest BCUT2D eigenvalue weighted by molar-refractivity contribution is 7.09. The summed E-state index contributed by atoms with van der Waals surface area (Å²) in [7, 11) is 1.41. The predicted molar refractivity (Wildman–Crippen MR) is 68.5 cm³/mol. The summed E-state index contributed by atoms with van der Waals surface area (Å²) in [5.74, 6) is -0.291. The molecule has 2 aromatic rings. The minimum Gasteiger partial charge on any atom is -0.494 e. The normalized spacial score (nSPS) is 12.4. The third-order valence-corrected chi connectivity index (χ3v) is 3.58. The number of aryl methyl sites for hydroxylation is 1. The largest absolute Gasteiger partial charge is 0.494 e. The average Bonchev–Trinajstić information content (AvgIpc) is 2.74. The van der Waals surface area contributed by atoms with Gasteiger partial charge < -0.3 is 9.84 Å². The summed E-state index contributed by atoms with van der Waals surface area (Å²) in [5, 5.41) is 12.8. The van der Waals surface area contributed by atoms with Gasteiger partial charge in [-0.15, -0.1) is 11.3 Å². The first-order valence-electron chi connectivity index (χ1n) is 5.52. The Morgan fingerprint density at radius 3 is 2.83 bits per heavy atom. The van der Waals surface area contributed by atoms with E-state index in [1.807, 2.05) is 12.3 Å². The Kier molecular flexibility index (Phi) is 3.93. The van der Waals surface area contributed by atoms with Gasteiger partial charge in [0.25, 0.3) is 0 Å². The van der Waals surface area contributed by atoms with Crippen LogP contribution in [-0.2, 0) is 6.42 Å². The van der Waals surface area contributed by atoms with Crippen LogP contribution in [0.15, 0.2) is 23.6 Å². The zero-order valence-corrected chi connectivity index (χ0v) is 11.0. The molecule has 1 aromatic heterocycles. The van der Waals surface area contributed by atoms with Crippen molar-refractivity contribution < 1.29 is 14.2 Å². The molecule has 5 heteroatoms. The number of thiazole rings is 1. The van der Waals surface area contributed by atoms with Gasteiger partial charge in [0.2, 0.25) is 0 Å². The van der Waals surface area contributed by atoms with Crippen LogP contribution >= 0.6 is 11.3 Å². The van der Waals surface area contributed by atoms with E-state index >= 15 is 0 Å². The van der Waals surface area contributed by atoms with E-state index in [-0.39, 0.29) is 5.75 Å². The van der Waals surface area contributed by atoms with E-state index in [9.17, 15) is 9.50 Å². The third kappa shape index (κ3) is 2.86. The number of rotatable bonds is 4. The lowest BCUT2D eigenvalue weighted by Gasteiger charge is -2.10. The lowest BCUT2D eigenvalue weighted by atomic mass is 10.1. The van der Waals surface area contributed by atoms with E-state index in [4.69, 9.17) is 4.74 Å². The van der Waals surface area contributed by atoms with Crippen LogP contribution in [0.3, 0.4) is 0 Å². The number of hydrogen-bond acceptors (Lipinski definition) is 4. The quantitative estimate of drug-likeness (QED) is 0.926. The molecule has 0 radical (unpaired) electrons. The monoisotopic (exact) mass is 267 g/mol. The van der Waals surface area contributed by atoms with Crippen LogP contribution in [0.1, 0.15) is 22.4 Å². The fourth-order valence-corrected chi connectivity index (χ4v) is 2.48. The second kappa shape index (κ2) is 5.46. The van der Waals surface area contributed by atoms with Crippen molar-refractivity contribution >= 4 is 11.3 Å². The highest BCUT2D eigenvalue weighted by atomic mass is 32.1. The summed E-state index contributed by atoms with van der Waals surface area (Å²) >= 11 is 1.49. The van der Waals surface area contributed by atoms with Crippen molar-refractivity contribution in [1.82, 2.24) is 4.98 Å². The molecule has 0 saturated heterocycles. The Bertz CT molecular complexity index is 542. The Labute approximate surface area is 109 Å². The van der Waals surface area contributed by atoms with Gasteiger partial charge in [-0.25, -0.2) is 9.37 Å². The van der Waals surface area contributed by atoms with Crippen LogP contribution in [0.4, 0.5) is 4.39 Å². The molecule has 18 heavy (non-hydrogen) atoms. The number of nitrogens with zero attached hydrogens (tertiary/aromatic N) is 1. The summed E-state index contributed by atoms with van der Waals surface area (Å²) in [6.45, 7) is 1.90. The molecule has 3 nitrogen and oxygen atoms in total. The van der Waals surface area contributed by atoms with Gasteiger partial charge in [-0.3, -0.25) is 0 Å². The lowest BCUT2D eigenvalue weighted by Crippen LogP contribution is -2.02. The van der Waals surface area contributed by atoms with Crippen molar-refractivity contribution in [2.24, 2.45) is 0 Å². The first-order valence-corrected chi connectivity index (χ1v) is 6.40. The number of ether oxygens (including phenoxy) is 1. The molecule has 1 aromatic carbocycles. The van der Waals surface area contributed by atoms with Gasteiger partial charge in [-0.2, -0.15) is 0 Å². The van der Waals surface area contributed by atoms with Gasteiger partial charge in [0.05, 0.1) is 18.2 Å². The zero-order chi connectivity index (χ0) is 13.1. The Balaban J connectivity index is 2.13. The third-order valence-electron chi connectivity index (χ3n) is 2.60. The van der Waals surface area contributed by atoms with E-state index < -0.39 is 11.9 Å². The van der Waals surface area contributed by atoms with Crippen molar-refractivity contribution in [2.75, 3.05) is 7.11 Å². The molecule has 0 aliphatic carbocycles. The maximum atomic E-state index is 13.5. The van der Waals surface area contributed by atoms with Crippen LogP contribution in [0.2, 0.25) is 0 Å². The molecular formula is C13H14FNO2S. The van der Waals surface area contributed by atoms with Gasteiger partial charge in [-0.1, -0.05) is 6.07 Å². The fraction of sp³-hybridized carbons (Fsp3) is 0.308. The van der Waals surface area contributed by atoms with Crippen molar-refractivity contribution in [3.63, 3.8) is 0 Å². The maximum Gasteiger partial charge on any atom is 0.165 e. The highest BCUT2D eigenvalue weighted by Gasteiger charge is 2.13. The van der Waals surface area contributed by atoms with Gasteiger partial charge >= 0.3 is 0 Å². The molecule has 0 spiro atoms. The molecule has 0 amide bonds. The molecule has 2 rings (SSSR count). The molecule has 1 N–H and O–H groups in total. The van der Waals surface area contributed by atoms with Crippen molar-refractivity contribution in [1.29, 1.82) is 0 Å². The second-order valence-corrected chi connectivity index (χ2v) is 4.94. The van der Waals surface area contributed by atoms with Gasteiger partial charge in [0, 0.05) is 17.5 Å². The van der Waals surface area contributed by atoms with E-state index in [1.54, 1.807) is 6.07 Å².